The Morgan fingerprint density at radius 1 is 0.973 bits per heavy atom. The number of benzene rings is 3. The third kappa shape index (κ3) is 4.98. The highest BCUT2D eigenvalue weighted by atomic mass is 35.5. The first-order chi connectivity index (χ1) is 17.9. The van der Waals surface area contributed by atoms with Crippen LogP contribution in [0.25, 0.3) is 0 Å². The van der Waals surface area contributed by atoms with E-state index in [4.69, 9.17) is 16.3 Å². The highest BCUT2D eigenvalue weighted by Crippen LogP contribution is 2.52. The summed E-state index contributed by atoms with van der Waals surface area (Å²) < 4.78 is 5.34. The third-order valence-corrected chi connectivity index (χ3v) is 9.14. The molecule has 0 spiro atoms. The van der Waals surface area contributed by atoms with Gasteiger partial charge in [0.2, 0.25) is 11.8 Å². The number of fused-ring (bicyclic) bond motifs is 1. The molecule has 0 saturated carbocycles. The average molecular weight is 535 g/mol. The molecule has 0 aliphatic carbocycles. The lowest BCUT2D eigenvalue weighted by atomic mass is 9.95. The number of hydrogen-bond donors (Lipinski definition) is 1. The Hall–Kier alpha value is -3.29. The summed E-state index contributed by atoms with van der Waals surface area (Å²) in [6.45, 7) is 1.87. The Labute approximate surface area is 225 Å². The van der Waals surface area contributed by atoms with E-state index in [2.05, 4.69) is 5.32 Å². The van der Waals surface area contributed by atoms with Gasteiger partial charge in [0.15, 0.2) is 6.10 Å². The highest BCUT2D eigenvalue weighted by Gasteiger charge is 2.66. The summed E-state index contributed by atoms with van der Waals surface area (Å²) in [7, 11) is 0. The van der Waals surface area contributed by atoms with Crippen LogP contribution in [0.2, 0.25) is 0 Å². The van der Waals surface area contributed by atoms with Crippen LogP contribution in [0.4, 0.5) is 0 Å². The maximum absolute atomic E-state index is 13.7. The van der Waals surface area contributed by atoms with Crippen molar-refractivity contribution >= 4 is 41.1 Å². The van der Waals surface area contributed by atoms with E-state index in [0.29, 0.717) is 0 Å². The molecular formula is C29H27ClN2O4S. The lowest BCUT2D eigenvalue weighted by Crippen LogP contribution is -2.71. The zero-order chi connectivity index (χ0) is 26.0. The lowest BCUT2D eigenvalue weighted by Gasteiger charge is -2.44. The predicted molar refractivity (Wildman–Crippen MR) is 144 cm³/mol. The van der Waals surface area contributed by atoms with Crippen molar-refractivity contribution in [3.63, 3.8) is 0 Å². The van der Waals surface area contributed by atoms with Crippen LogP contribution < -0.4 is 5.32 Å². The highest BCUT2D eigenvalue weighted by molar-refractivity contribution is 8.01. The monoisotopic (exact) mass is 534 g/mol. The minimum absolute atomic E-state index is 0.143. The minimum atomic E-state index is -0.871. The van der Waals surface area contributed by atoms with E-state index in [9.17, 15) is 14.4 Å². The molecule has 0 aromatic heterocycles. The summed E-state index contributed by atoms with van der Waals surface area (Å²) in [5.41, 5.74) is 2.53. The van der Waals surface area contributed by atoms with Crippen LogP contribution in [0.3, 0.4) is 0 Å². The molecule has 5 rings (SSSR count). The molecule has 3 aromatic rings. The van der Waals surface area contributed by atoms with Crippen molar-refractivity contribution in [3.05, 3.63) is 108 Å². The number of nitrogens with one attached hydrogen (secondary N) is 1. The van der Waals surface area contributed by atoms with Gasteiger partial charge < -0.3 is 15.0 Å². The van der Waals surface area contributed by atoms with E-state index >= 15 is 0 Å². The molecule has 3 aromatic carbocycles. The van der Waals surface area contributed by atoms with Crippen LogP contribution in [0.5, 0.6) is 0 Å². The zero-order valence-corrected chi connectivity index (χ0v) is 21.8. The SMILES string of the molecule is CC1(CCl)SC2C(NC(=O)Cc3ccccc3)C(=O)N2C1C(=O)OC(c1ccccc1)c1ccccc1. The summed E-state index contributed by atoms with van der Waals surface area (Å²) in [6, 6.07) is 26.8. The van der Waals surface area contributed by atoms with Crippen LogP contribution in [-0.4, -0.2) is 50.8 Å². The van der Waals surface area contributed by atoms with Gasteiger partial charge in [-0.25, -0.2) is 4.79 Å². The van der Waals surface area contributed by atoms with Crippen LogP contribution in [0.1, 0.15) is 29.7 Å². The second kappa shape index (κ2) is 10.6. The van der Waals surface area contributed by atoms with Crippen LogP contribution >= 0.6 is 23.4 Å². The fraction of sp³-hybridized carbons (Fsp3) is 0.276. The van der Waals surface area contributed by atoms with Crippen LogP contribution in [0.15, 0.2) is 91.0 Å². The fourth-order valence-corrected chi connectivity index (χ4v) is 6.84. The molecule has 0 bridgehead atoms. The van der Waals surface area contributed by atoms with Crippen molar-refractivity contribution in [2.75, 3.05) is 5.88 Å². The summed E-state index contributed by atoms with van der Waals surface area (Å²) in [4.78, 5) is 41.1. The van der Waals surface area contributed by atoms with Gasteiger partial charge in [-0.2, -0.15) is 0 Å². The van der Waals surface area contributed by atoms with E-state index in [1.165, 1.54) is 16.7 Å². The fourth-order valence-electron chi connectivity index (χ4n) is 4.89. The first-order valence-corrected chi connectivity index (χ1v) is 13.5. The number of halogens is 1. The first-order valence-electron chi connectivity index (χ1n) is 12.1. The Morgan fingerprint density at radius 2 is 1.51 bits per heavy atom. The molecule has 1 N–H and O–H groups in total. The van der Waals surface area contributed by atoms with Gasteiger partial charge in [0.25, 0.3) is 0 Å². The maximum atomic E-state index is 13.7. The van der Waals surface area contributed by atoms with Crippen molar-refractivity contribution in [1.82, 2.24) is 10.2 Å². The Balaban J connectivity index is 1.34. The molecule has 6 nitrogen and oxygen atoms in total. The molecule has 8 heteroatoms. The summed E-state index contributed by atoms with van der Waals surface area (Å²) >= 11 is 7.81. The van der Waals surface area contributed by atoms with Crippen LogP contribution in [0, 0.1) is 0 Å². The van der Waals surface area contributed by atoms with E-state index in [0.717, 1.165) is 16.7 Å². The van der Waals surface area contributed by atoms with Gasteiger partial charge in [-0.3, -0.25) is 9.59 Å². The van der Waals surface area contributed by atoms with Crippen molar-refractivity contribution in [3.8, 4) is 0 Å². The third-order valence-electron chi connectivity index (χ3n) is 6.78. The number of hydrogen-bond acceptors (Lipinski definition) is 5. The van der Waals surface area contributed by atoms with Gasteiger partial charge in [0, 0.05) is 5.88 Å². The van der Waals surface area contributed by atoms with Crippen LogP contribution in [-0.2, 0) is 25.5 Å². The molecule has 4 unspecified atom stereocenters. The summed E-state index contributed by atoms with van der Waals surface area (Å²) in [5, 5.41) is 2.47. The zero-order valence-electron chi connectivity index (χ0n) is 20.3. The number of nitrogens with zero attached hydrogens (tertiary/aromatic N) is 1. The molecule has 4 atom stereocenters. The second-order valence-electron chi connectivity index (χ2n) is 9.45. The molecule has 190 valence electrons. The summed E-state index contributed by atoms with van der Waals surface area (Å²) in [5.74, 6) is -0.912. The number of esters is 1. The largest absolute Gasteiger partial charge is 0.451 e. The van der Waals surface area contributed by atoms with E-state index < -0.39 is 28.9 Å². The van der Waals surface area contributed by atoms with Gasteiger partial charge >= 0.3 is 5.97 Å². The quantitative estimate of drug-likeness (QED) is 0.264. The van der Waals surface area contributed by atoms with E-state index in [1.54, 1.807) is 0 Å². The Bertz CT molecular complexity index is 1240. The minimum Gasteiger partial charge on any atom is -0.451 e. The van der Waals surface area contributed by atoms with E-state index in [-0.39, 0.29) is 29.5 Å². The maximum Gasteiger partial charge on any atom is 0.331 e. The number of rotatable bonds is 8. The average Bonchev–Trinajstić information content (AvgIpc) is 3.22. The normalized spacial score (nSPS) is 24.4. The number of alkyl halides is 1. The van der Waals surface area contributed by atoms with Gasteiger partial charge in [0.05, 0.1) is 11.2 Å². The number of amides is 2. The molecule has 2 fully saturated rings. The van der Waals surface area contributed by atoms with Gasteiger partial charge in [-0.15, -0.1) is 23.4 Å². The number of carbonyl (C=O) groups is 3. The molecule has 2 aliphatic heterocycles. The second-order valence-corrected chi connectivity index (χ2v) is 11.4. The molecule has 2 amide bonds. The molecule has 2 aliphatic rings. The molecule has 2 saturated heterocycles. The number of thioether (sulfide) groups is 1. The smallest absolute Gasteiger partial charge is 0.331 e. The number of ether oxygens (including phenoxy) is 1. The summed E-state index contributed by atoms with van der Waals surface area (Å²) in [6.07, 6.45) is -0.452. The topological polar surface area (TPSA) is 75.7 Å². The van der Waals surface area contributed by atoms with Gasteiger partial charge in [0.1, 0.15) is 17.5 Å². The Kier molecular flexibility index (Phi) is 7.26. The first kappa shape index (κ1) is 25.4. The van der Waals surface area contributed by atoms with Crippen molar-refractivity contribution in [2.24, 2.45) is 0 Å². The number of β-lactam (4-membered cyclic amide) rings is 1. The standard InChI is InChI=1S/C29H27ClN2O4S/c1-29(18-30)25(28(35)36-24(20-13-7-3-8-14-20)21-15-9-4-10-16-21)32-26(34)23(27(32)37-29)31-22(33)17-19-11-5-2-6-12-19/h2-16,23-25,27H,17-18H2,1H3,(H,31,33). The van der Waals surface area contributed by atoms with E-state index in [1.807, 2.05) is 97.9 Å². The lowest BCUT2D eigenvalue weighted by molar-refractivity contribution is -0.166. The predicted octanol–water partition coefficient (Wildman–Crippen LogP) is 4.33. The molecule has 37 heavy (non-hydrogen) atoms. The molecule has 2 heterocycles. The van der Waals surface area contributed by atoms with Gasteiger partial charge in [-0.05, 0) is 23.6 Å². The van der Waals surface area contributed by atoms with Gasteiger partial charge in [-0.1, -0.05) is 91.0 Å². The van der Waals surface area contributed by atoms with Crippen molar-refractivity contribution < 1.29 is 19.1 Å². The number of carbonyl (C=O) groups excluding carboxylic acids is 3. The molecular weight excluding hydrogens is 508 g/mol. The molecule has 0 radical (unpaired) electrons. The van der Waals surface area contributed by atoms with Crippen molar-refractivity contribution in [2.45, 2.75) is 41.7 Å². The van der Waals surface area contributed by atoms with Crippen molar-refractivity contribution in [1.29, 1.82) is 0 Å². The Morgan fingerprint density at radius 3 is 2.05 bits per heavy atom.